The molecule has 3 heterocycles. The third kappa shape index (κ3) is 4.96. The van der Waals surface area contributed by atoms with Crippen molar-refractivity contribution in [3.8, 4) is 10.6 Å². The molecule has 2 amide bonds. The van der Waals surface area contributed by atoms with Crippen LogP contribution in [0.1, 0.15) is 47.5 Å². The van der Waals surface area contributed by atoms with Crippen LogP contribution in [0.3, 0.4) is 0 Å². The van der Waals surface area contributed by atoms with Crippen molar-refractivity contribution in [2.24, 2.45) is 11.5 Å². The first-order valence-electron chi connectivity index (χ1n) is 11.3. The van der Waals surface area contributed by atoms with Crippen LogP contribution in [0.15, 0.2) is 36.0 Å². The quantitative estimate of drug-likeness (QED) is 0.444. The molecule has 0 spiro atoms. The lowest BCUT2D eigenvalue weighted by Crippen LogP contribution is -2.44. The zero-order valence-corrected chi connectivity index (χ0v) is 20.4. The summed E-state index contributed by atoms with van der Waals surface area (Å²) < 4.78 is 14.9. The predicted molar refractivity (Wildman–Crippen MR) is 136 cm³/mol. The molecule has 9 nitrogen and oxygen atoms in total. The molecule has 1 atom stereocenters. The number of primary amides is 1. The molecule has 6 N–H and O–H groups in total. The van der Waals surface area contributed by atoms with Crippen LogP contribution >= 0.6 is 11.3 Å². The number of pyridine rings is 1. The fourth-order valence-corrected chi connectivity index (χ4v) is 5.08. The van der Waals surface area contributed by atoms with Gasteiger partial charge in [-0.3, -0.25) is 14.6 Å². The van der Waals surface area contributed by atoms with Gasteiger partial charge in [-0.25, -0.2) is 9.37 Å². The molecule has 0 saturated carbocycles. The standard InChI is InChI=1S/C24H28FN7O2S/c1-13(2)32(20-10-29-6-5-19(20)31-7-3-4-15(26)11-31)24(34)14-8-16(21(25)17(27)9-14)23-30-18(12-35-23)22(28)33/h5-6,8-10,12-13,15H,3-4,7,11,26-27H2,1-2H3,(H2,28,33)/t15-/m1/s1. The number of benzene rings is 1. The van der Waals surface area contributed by atoms with Crippen molar-refractivity contribution in [3.05, 3.63) is 53.0 Å². The van der Waals surface area contributed by atoms with Crippen LogP contribution in [0.5, 0.6) is 0 Å². The number of nitrogen functional groups attached to an aromatic ring is 1. The molecule has 184 valence electrons. The first-order valence-corrected chi connectivity index (χ1v) is 12.2. The molecular formula is C24H28FN7O2S. The lowest BCUT2D eigenvalue weighted by Gasteiger charge is -2.36. The zero-order valence-electron chi connectivity index (χ0n) is 19.6. The highest BCUT2D eigenvalue weighted by Gasteiger charge is 2.28. The monoisotopic (exact) mass is 497 g/mol. The summed E-state index contributed by atoms with van der Waals surface area (Å²) in [5.74, 6) is -1.80. The molecule has 0 radical (unpaired) electrons. The number of hydrogen-bond acceptors (Lipinski definition) is 8. The highest BCUT2D eigenvalue weighted by atomic mass is 32.1. The Hall–Kier alpha value is -3.57. The summed E-state index contributed by atoms with van der Waals surface area (Å²) in [6.07, 6.45) is 5.25. The van der Waals surface area contributed by atoms with E-state index < -0.39 is 11.7 Å². The fraction of sp³-hybridized carbons (Fsp3) is 0.333. The van der Waals surface area contributed by atoms with E-state index in [9.17, 15) is 14.0 Å². The largest absolute Gasteiger partial charge is 0.396 e. The van der Waals surface area contributed by atoms with Gasteiger partial charge in [0.15, 0.2) is 5.82 Å². The van der Waals surface area contributed by atoms with Crippen molar-refractivity contribution in [1.82, 2.24) is 9.97 Å². The van der Waals surface area contributed by atoms with E-state index in [1.165, 1.54) is 17.5 Å². The molecule has 35 heavy (non-hydrogen) atoms. The van der Waals surface area contributed by atoms with Gasteiger partial charge in [0.1, 0.15) is 10.7 Å². The van der Waals surface area contributed by atoms with Gasteiger partial charge in [-0.1, -0.05) is 0 Å². The average Bonchev–Trinajstić information content (AvgIpc) is 3.31. The Morgan fingerprint density at radius 2 is 2.09 bits per heavy atom. The zero-order chi connectivity index (χ0) is 25.3. The second-order valence-electron chi connectivity index (χ2n) is 8.81. The van der Waals surface area contributed by atoms with Crippen LogP contribution in [0.4, 0.5) is 21.5 Å². The summed E-state index contributed by atoms with van der Waals surface area (Å²) in [6.45, 7) is 5.29. The minimum absolute atomic E-state index is 0.0169. The summed E-state index contributed by atoms with van der Waals surface area (Å²) in [4.78, 5) is 37.4. The Kier molecular flexibility index (Phi) is 6.99. The molecular weight excluding hydrogens is 469 g/mol. The number of nitrogens with two attached hydrogens (primary N) is 3. The topological polar surface area (TPSA) is 144 Å². The van der Waals surface area contributed by atoms with E-state index in [4.69, 9.17) is 17.2 Å². The van der Waals surface area contributed by atoms with Crippen LogP contribution in [-0.4, -0.2) is 47.0 Å². The van der Waals surface area contributed by atoms with E-state index in [1.54, 1.807) is 17.3 Å². The third-order valence-corrected chi connectivity index (χ3v) is 6.78. The van der Waals surface area contributed by atoms with Crippen molar-refractivity contribution in [3.63, 3.8) is 0 Å². The second-order valence-corrected chi connectivity index (χ2v) is 9.67. The van der Waals surface area contributed by atoms with Gasteiger partial charge >= 0.3 is 0 Å². The van der Waals surface area contributed by atoms with Crippen LogP contribution in [-0.2, 0) is 0 Å². The van der Waals surface area contributed by atoms with Gasteiger partial charge in [0.25, 0.3) is 11.8 Å². The molecule has 1 aromatic carbocycles. The SMILES string of the molecule is CC(C)N(C(=O)c1cc(N)c(F)c(-c2nc(C(N)=O)cs2)c1)c1cnccc1N1CCC[C@@H](N)C1. The number of rotatable bonds is 6. The van der Waals surface area contributed by atoms with Gasteiger partial charge in [0.05, 0.1) is 23.3 Å². The molecule has 11 heteroatoms. The molecule has 0 aliphatic carbocycles. The number of carbonyl (C=O) groups is 2. The molecule has 1 saturated heterocycles. The Labute approximate surface area is 206 Å². The van der Waals surface area contributed by atoms with Crippen molar-refractivity contribution in [2.75, 3.05) is 28.6 Å². The van der Waals surface area contributed by atoms with Crippen molar-refractivity contribution in [2.45, 2.75) is 38.8 Å². The summed E-state index contributed by atoms with van der Waals surface area (Å²) in [7, 11) is 0. The summed E-state index contributed by atoms with van der Waals surface area (Å²) >= 11 is 1.05. The van der Waals surface area contributed by atoms with E-state index in [2.05, 4.69) is 14.9 Å². The molecule has 2 aromatic heterocycles. The maximum absolute atomic E-state index is 14.9. The number of nitrogens with zero attached hydrogens (tertiary/aromatic N) is 4. The second kappa shape index (κ2) is 9.96. The van der Waals surface area contributed by atoms with E-state index in [0.717, 1.165) is 36.4 Å². The number of thiazole rings is 1. The van der Waals surface area contributed by atoms with E-state index >= 15 is 0 Å². The Bertz CT molecular complexity index is 1260. The minimum atomic E-state index is -0.722. The van der Waals surface area contributed by atoms with Gasteiger partial charge in [-0.2, -0.15) is 0 Å². The number of aromatic nitrogens is 2. The maximum atomic E-state index is 14.9. The summed E-state index contributed by atoms with van der Waals surface area (Å²) in [5.41, 5.74) is 19.0. The molecule has 1 fully saturated rings. The number of piperidine rings is 1. The van der Waals surface area contributed by atoms with Gasteiger partial charge in [0, 0.05) is 47.9 Å². The van der Waals surface area contributed by atoms with Crippen molar-refractivity contribution < 1.29 is 14.0 Å². The van der Waals surface area contributed by atoms with Gasteiger partial charge in [-0.15, -0.1) is 11.3 Å². The normalized spacial score (nSPS) is 15.9. The number of anilines is 3. The van der Waals surface area contributed by atoms with E-state index in [0.29, 0.717) is 12.2 Å². The molecule has 3 aromatic rings. The van der Waals surface area contributed by atoms with E-state index in [1.807, 2.05) is 19.9 Å². The lowest BCUT2D eigenvalue weighted by atomic mass is 10.0. The maximum Gasteiger partial charge on any atom is 0.268 e. The first kappa shape index (κ1) is 24.6. The fourth-order valence-electron chi connectivity index (χ4n) is 4.26. The number of carbonyl (C=O) groups excluding carboxylic acids is 2. The number of hydrogen-bond donors (Lipinski definition) is 3. The van der Waals surface area contributed by atoms with Gasteiger partial charge in [-0.05, 0) is 44.9 Å². The van der Waals surface area contributed by atoms with Gasteiger partial charge < -0.3 is 27.0 Å². The summed E-state index contributed by atoms with van der Waals surface area (Å²) in [5, 5.41) is 1.64. The Morgan fingerprint density at radius 3 is 2.74 bits per heavy atom. The van der Waals surface area contributed by atoms with Crippen LogP contribution in [0, 0.1) is 5.82 Å². The minimum Gasteiger partial charge on any atom is -0.396 e. The van der Waals surface area contributed by atoms with E-state index in [-0.39, 0.29) is 45.5 Å². The highest BCUT2D eigenvalue weighted by molar-refractivity contribution is 7.13. The molecule has 1 aliphatic heterocycles. The third-order valence-electron chi connectivity index (χ3n) is 5.91. The van der Waals surface area contributed by atoms with Crippen molar-refractivity contribution >= 4 is 40.2 Å². The van der Waals surface area contributed by atoms with Crippen LogP contribution in [0.25, 0.3) is 10.6 Å². The highest BCUT2D eigenvalue weighted by Crippen LogP contribution is 2.35. The molecule has 1 aliphatic rings. The Balaban J connectivity index is 1.76. The molecule has 0 unspecified atom stereocenters. The lowest BCUT2D eigenvalue weighted by molar-refractivity contribution is 0.0976. The predicted octanol–water partition coefficient (Wildman–Crippen LogP) is 3.01. The average molecular weight is 498 g/mol. The van der Waals surface area contributed by atoms with Crippen LogP contribution in [0.2, 0.25) is 0 Å². The van der Waals surface area contributed by atoms with Crippen molar-refractivity contribution in [1.29, 1.82) is 0 Å². The summed E-state index contributed by atoms with van der Waals surface area (Å²) in [6, 6.07) is 4.41. The molecule has 0 bridgehead atoms. The van der Waals surface area contributed by atoms with Crippen LogP contribution < -0.4 is 27.0 Å². The molecule has 4 rings (SSSR count). The number of halogens is 1. The first-order chi connectivity index (χ1) is 16.7. The smallest absolute Gasteiger partial charge is 0.268 e. The Morgan fingerprint density at radius 1 is 1.31 bits per heavy atom. The number of amides is 2. The van der Waals surface area contributed by atoms with Gasteiger partial charge in [0.2, 0.25) is 0 Å².